The minimum Gasteiger partial charge on any atom is -1.00 e. The summed E-state index contributed by atoms with van der Waals surface area (Å²) in [6, 6.07) is 40.2. The van der Waals surface area contributed by atoms with Gasteiger partial charge in [-0.3, -0.25) is 4.90 Å². The summed E-state index contributed by atoms with van der Waals surface area (Å²) in [5, 5.41) is 70.8. The van der Waals surface area contributed by atoms with E-state index >= 15 is 0 Å². The molecule has 0 spiro atoms. The lowest BCUT2D eigenvalue weighted by atomic mass is 9.98. The van der Waals surface area contributed by atoms with E-state index in [4.69, 9.17) is 28.4 Å². The summed E-state index contributed by atoms with van der Waals surface area (Å²) < 4.78 is 39.8. The molecule has 390 valence electrons. The number of carbonyl (C=O) groups is 1. The Morgan fingerprint density at radius 1 is 0.740 bits per heavy atom. The van der Waals surface area contributed by atoms with Gasteiger partial charge in [-0.05, 0) is 48.2 Å². The molecule has 17 nitrogen and oxygen atoms in total. The lowest BCUT2D eigenvalue weighted by Gasteiger charge is -2.40. The van der Waals surface area contributed by atoms with Crippen LogP contribution in [-0.2, 0) is 43.3 Å². The third-order valence-electron chi connectivity index (χ3n) is 13.8. The molecule has 18 heteroatoms. The van der Waals surface area contributed by atoms with Gasteiger partial charge in [0.25, 0.3) is 5.82 Å². The molecule has 2 fully saturated rings. The van der Waals surface area contributed by atoms with Gasteiger partial charge in [-0.25, -0.2) is 13.9 Å². The fourth-order valence-corrected chi connectivity index (χ4v) is 10.2. The molecule has 5 aromatic carbocycles. The summed E-state index contributed by atoms with van der Waals surface area (Å²) in [5.41, 5.74) is 7.75. The maximum Gasteiger partial charge on any atom is 0.407 e. The molecule has 2 aliphatic heterocycles. The lowest BCUT2D eigenvalue weighted by Crippen LogP contribution is -3.00. The van der Waals surface area contributed by atoms with Crippen LogP contribution in [0.4, 0.5) is 4.79 Å². The van der Waals surface area contributed by atoms with Gasteiger partial charge in [0.15, 0.2) is 23.6 Å². The van der Waals surface area contributed by atoms with Gasteiger partial charge in [-0.1, -0.05) is 109 Å². The zero-order valence-corrected chi connectivity index (χ0v) is 41.6. The Kier molecular flexibility index (Phi) is 18.2. The molecule has 0 bridgehead atoms. The number of hydrogen-bond acceptors (Lipinski definition) is 14. The molecule has 1 amide bonds. The van der Waals surface area contributed by atoms with Crippen LogP contribution in [0.2, 0.25) is 0 Å². The molecule has 2 saturated heterocycles. The second kappa shape index (κ2) is 24.7. The molecule has 10 atom stereocenters. The van der Waals surface area contributed by atoms with Crippen LogP contribution in [0.1, 0.15) is 60.4 Å². The van der Waals surface area contributed by atoms with E-state index in [9.17, 15) is 35.4 Å². The number of fused-ring (bicyclic) bond motifs is 4. The maximum atomic E-state index is 13.3. The van der Waals surface area contributed by atoms with Crippen molar-refractivity contribution in [1.82, 2.24) is 14.8 Å². The third kappa shape index (κ3) is 12.0. The van der Waals surface area contributed by atoms with Crippen LogP contribution >= 0.6 is 0 Å². The minimum atomic E-state index is -1.59. The molecule has 73 heavy (non-hydrogen) atoms. The van der Waals surface area contributed by atoms with E-state index in [-0.39, 0.29) is 70.9 Å². The molecular weight excluding hydrogens is 960 g/mol. The standard InChI is InChI=1S/C55H64N4O13.ClH/c1-3-58-42-24-23-36(27-43(42)59(4-2)48(58)28-56-55(66)70-31-41-39-21-13-11-19-37(39)38-20-12-14-22-40(38)41)67-26-25-57(29-44(60)49(64)51-46(62)32-68-53(71-51)34-15-7-5-8-16-34)30-45(61)50(65)52-47(63)33-69-54(72-52)35-17-9-6-10-18-35;/h5-24,27,41,44-47,49-54,60-65H,3-4,25-26,28-33H2,1-2H3;1H/t44?,45?,46-,47-,49?,50?,51-,52-,53?,54?;/m1./s1. The summed E-state index contributed by atoms with van der Waals surface area (Å²) in [6.45, 7) is 5.09. The second-order valence-corrected chi connectivity index (χ2v) is 18.4. The number of nitrogens with one attached hydrogen (secondary N) is 1. The monoisotopic (exact) mass is 1020 g/mol. The van der Waals surface area contributed by atoms with Gasteiger partial charge in [0.05, 0.1) is 38.5 Å². The number of rotatable bonds is 20. The van der Waals surface area contributed by atoms with E-state index in [2.05, 4.69) is 38.7 Å². The molecular formula is C55H65ClN4O13. The van der Waals surface area contributed by atoms with Crippen molar-refractivity contribution < 1.29 is 80.8 Å². The Bertz CT molecular complexity index is 2610. The van der Waals surface area contributed by atoms with Crippen LogP contribution in [0.5, 0.6) is 5.75 Å². The van der Waals surface area contributed by atoms with Crippen molar-refractivity contribution in [3.8, 4) is 16.9 Å². The van der Waals surface area contributed by atoms with Crippen LogP contribution in [0.3, 0.4) is 0 Å². The van der Waals surface area contributed by atoms with Gasteiger partial charge in [0, 0.05) is 42.7 Å². The summed E-state index contributed by atoms with van der Waals surface area (Å²) >= 11 is 0. The lowest BCUT2D eigenvalue weighted by molar-refractivity contribution is -0.676. The minimum absolute atomic E-state index is 0. The number of benzene rings is 5. The highest BCUT2D eigenvalue weighted by molar-refractivity contribution is 5.79. The number of aliphatic hydroxyl groups is 6. The van der Waals surface area contributed by atoms with Gasteiger partial charge in [0.2, 0.25) is 0 Å². The molecule has 1 aliphatic carbocycles. The summed E-state index contributed by atoms with van der Waals surface area (Å²) in [7, 11) is 0. The number of aliphatic hydroxyl groups excluding tert-OH is 6. The van der Waals surface area contributed by atoms with Crippen molar-refractivity contribution in [2.24, 2.45) is 0 Å². The second-order valence-electron chi connectivity index (χ2n) is 18.4. The van der Waals surface area contributed by atoms with E-state index in [0.29, 0.717) is 30.0 Å². The van der Waals surface area contributed by atoms with Gasteiger partial charge in [-0.15, -0.1) is 0 Å². The van der Waals surface area contributed by atoms with Crippen LogP contribution in [0.15, 0.2) is 127 Å². The van der Waals surface area contributed by atoms with Crippen molar-refractivity contribution in [2.75, 3.05) is 46.1 Å². The fourth-order valence-electron chi connectivity index (χ4n) is 10.2. The predicted octanol–water partition coefficient (Wildman–Crippen LogP) is 1.09. The topological polar surface area (TPSA) is 218 Å². The number of nitrogens with zero attached hydrogens (tertiary/aromatic N) is 3. The molecule has 6 aromatic rings. The van der Waals surface area contributed by atoms with E-state index in [1.54, 1.807) is 29.2 Å². The van der Waals surface area contributed by atoms with Crippen LogP contribution < -0.4 is 27.0 Å². The van der Waals surface area contributed by atoms with Crippen molar-refractivity contribution in [1.29, 1.82) is 0 Å². The van der Waals surface area contributed by atoms with E-state index < -0.39 is 67.5 Å². The first-order chi connectivity index (χ1) is 35.0. The highest BCUT2D eigenvalue weighted by Gasteiger charge is 2.42. The van der Waals surface area contributed by atoms with Gasteiger partial charge < -0.3 is 76.8 Å². The van der Waals surface area contributed by atoms with E-state index in [0.717, 1.165) is 39.1 Å². The maximum absolute atomic E-state index is 13.3. The number of aryl methyl sites for hydroxylation is 2. The number of aromatic nitrogens is 2. The largest absolute Gasteiger partial charge is 1.00 e. The molecule has 7 N–H and O–H groups in total. The molecule has 0 radical (unpaired) electrons. The predicted molar refractivity (Wildman–Crippen MR) is 263 cm³/mol. The first-order valence-electron chi connectivity index (χ1n) is 24.7. The van der Waals surface area contributed by atoms with Crippen molar-refractivity contribution in [3.05, 3.63) is 155 Å². The number of hydrogen-bond donors (Lipinski definition) is 7. The van der Waals surface area contributed by atoms with Crippen molar-refractivity contribution >= 4 is 17.1 Å². The Labute approximate surface area is 430 Å². The van der Waals surface area contributed by atoms with Gasteiger partial charge in [-0.2, -0.15) is 0 Å². The van der Waals surface area contributed by atoms with Crippen LogP contribution in [-0.4, -0.2) is 141 Å². The summed E-state index contributed by atoms with van der Waals surface area (Å²) in [5.74, 6) is 1.34. The van der Waals surface area contributed by atoms with Crippen molar-refractivity contribution in [3.63, 3.8) is 0 Å². The number of ether oxygens (including phenoxy) is 6. The molecule has 0 saturated carbocycles. The van der Waals surface area contributed by atoms with Crippen LogP contribution in [0.25, 0.3) is 22.2 Å². The van der Waals surface area contributed by atoms with E-state index in [1.807, 2.05) is 92.7 Å². The number of carbonyl (C=O) groups excluding carboxylic acids is 1. The van der Waals surface area contributed by atoms with Gasteiger partial charge in [0.1, 0.15) is 62.1 Å². The molecule has 9 rings (SSSR count). The Hall–Kier alpha value is -5.51. The smallest absolute Gasteiger partial charge is 0.407 e. The Morgan fingerprint density at radius 3 is 1.78 bits per heavy atom. The van der Waals surface area contributed by atoms with Crippen LogP contribution in [0, 0.1) is 0 Å². The summed E-state index contributed by atoms with van der Waals surface area (Å²) in [6.07, 6.45) is -13.4. The SMILES string of the molecule is CCn1c(CNC(=O)OCC2c3ccccc3-c3ccccc32)[n+](CC)c2cc(OCCN(CC(O)C(O)[C@@H]3OC(c4ccccc4)OC[C@H]3O)CC(O)C(O)[C@@H]3OC(c4ccccc4)OC[C@H]3O)ccc21.[Cl-]. The highest BCUT2D eigenvalue weighted by Crippen LogP contribution is 2.44. The van der Waals surface area contributed by atoms with Gasteiger partial charge >= 0.3 is 6.09 Å². The normalized spacial score (nSPS) is 22.4. The summed E-state index contributed by atoms with van der Waals surface area (Å²) in [4.78, 5) is 14.9. The molecule has 3 heterocycles. The highest BCUT2D eigenvalue weighted by atomic mass is 35.5. The number of imidazole rings is 1. The third-order valence-corrected chi connectivity index (χ3v) is 13.8. The fraction of sp³-hybridized carbons (Fsp3) is 0.418. The first kappa shape index (κ1) is 53.8. The molecule has 3 aliphatic rings. The zero-order chi connectivity index (χ0) is 50.3. The number of alkyl carbamates (subject to hydrolysis) is 1. The average molecular weight is 1030 g/mol. The quantitative estimate of drug-likeness (QED) is 0.0534. The first-order valence-corrected chi connectivity index (χ1v) is 24.7. The zero-order valence-electron chi connectivity index (χ0n) is 40.8. The number of halogens is 1. The van der Waals surface area contributed by atoms with Crippen molar-refractivity contribution in [2.45, 2.75) is 101 Å². The average Bonchev–Trinajstić information content (AvgIpc) is 3.90. The Morgan fingerprint density at radius 2 is 1.26 bits per heavy atom. The van der Waals surface area contributed by atoms with E-state index in [1.165, 1.54) is 0 Å². The molecule has 6 unspecified atom stereocenters. The molecule has 1 aromatic heterocycles. The number of amides is 1. The Balaban J connectivity index is 0.00000711.